The van der Waals surface area contributed by atoms with Crippen LogP contribution in [-0.4, -0.2) is 31.4 Å². The van der Waals surface area contributed by atoms with Gasteiger partial charge in [-0.2, -0.15) is 0 Å². The summed E-state index contributed by atoms with van der Waals surface area (Å²) in [4.78, 5) is 34.6. The minimum atomic E-state index is -0.492. The maximum Gasteiger partial charge on any atom is 0.337 e. The fraction of sp³-hybridized carbons (Fsp3) is 0.167. The highest BCUT2D eigenvalue weighted by molar-refractivity contribution is 6.33. The quantitative estimate of drug-likeness (QED) is 0.674. The van der Waals surface area contributed by atoms with Crippen molar-refractivity contribution in [1.29, 1.82) is 0 Å². The number of rotatable bonds is 6. The third kappa shape index (κ3) is 5.49. The molecule has 0 saturated carbocycles. The van der Waals surface area contributed by atoms with Crippen LogP contribution in [0.15, 0.2) is 42.5 Å². The summed E-state index contributed by atoms with van der Waals surface area (Å²) in [6.07, 6.45) is 0. The second-order valence-corrected chi connectivity index (χ2v) is 5.75. The van der Waals surface area contributed by atoms with Crippen molar-refractivity contribution in [2.75, 3.05) is 29.6 Å². The summed E-state index contributed by atoms with van der Waals surface area (Å²) in [6.45, 7) is 1.37. The fourth-order valence-electron chi connectivity index (χ4n) is 2.13. The number of benzene rings is 2. The van der Waals surface area contributed by atoms with E-state index in [1.165, 1.54) is 26.2 Å². The Morgan fingerprint density at radius 3 is 2.19 bits per heavy atom. The first-order valence-electron chi connectivity index (χ1n) is 7.68. The molecule has 26 heavy (non-hydrogen) atoms. The highest BCUT2D eigenvalue weighted by Crippen LogP contribution is 2.23. The van der Waals surface area contributed by atoms with Crippen LogP contribution in [0, 0.1) is 0 Å². The SMILES string of the molecule is COC(=O)c1ccc(Cl)c(NCC(=O)Nc2ccc(NC(C)=O)cc2)c1. The predicted octanol–water partition coefficient (Wildman–Crippen LogP) is 3.14. The molecule has 8 heteroatoms. The number of hydrogen-bond donors (Lipinski definition) is 3. The Hall–Kier alpha value is -3.06. The Bertz CT molecular complexity index is 822. The number of methoxy groups -OCH3 is 1. The summed E-state index contributed by atoms with van der Waals surface area (Å²) in [5.74, 6) is -0.956. The van der Waals surface area contributed by atoms with Crippen LogP contribution in [0.5, 0.6) is 0 Å². The summed E-state index contributed by atoms with van der Waals surface area (Å²) in [6, 6.07) is 11.3. The van der Waals surface area contributed by atoms with Gasteiger partial charge >= 0.3 is 5.97 Å². The third-order valence-electron chi connectivity index (χ3n) is 3.32. The van der Waals surface area contributed by atoms with Crippen molar-refractivity contribution < 1.29 is 19.1 Å². The monoisotopic (exact) mass is 375 g/mol. The lowest BCUT2D eigenvalue weighted by atomic mass is 10.2. The van der Waals surface area contributed by atoms with Gasteiger partial charge in [-0.3, -0.25) is 9.59 Å². The lowest BCUT2D eigenvalue weighted by Gasteiger charge is -2.11. The van der Waals surface area contributed by atoms with Crippen LogP contribution >= 0.6 is 11.6 Å². The Labute approximate surface area is 155 Å². The molecule has 2 rings (SSSR count). The van der Waals surface area contributed by atoms with Crippen molar-refractivity contribution in [2.45, 2.75) is 6.92 Å². The van der Waals surface area contributed by atoms with E-state index >= 15 is 0 Å². The highest BCUT2D eigenvalue weighted by Gasteiger charge is 2.10. The van der Waals surface area contributed by atoms with Crippen molar-refractivity contribution in [3.05, 3.63) is 53.1 Å². The summed E-state index contributed by atoms with van der Waals surface area (Å²) >= 11 is 6.07. The number of ether oxygens (including phenoxy) is 1. The lowest BCUT2D eigenvalue weighted by Crippen LogP contribution is -2.22. The molecule has 0 fully saturated rings. The van der Waals surface area contributed by atoms with Crippen molar-refractivity contribution in [1.82, 2.24) is 0 Å². The molecule has 0 bridgehead atoms. The van der Waals surface area contributed by atoms with Gasteiger partial charge in [-0.25, -0.2) is 4.79 Å². The number of amides is 2. The normalized spacial score (nSPS) is 9.96. The largest absolute Gasteiger partial charge is 0.465 e. The molecule has 0 unspecified atom stereocenters. The molecule has 0 aromatic heterocycles. The number of carbonyl (C=O) groups is 3. The molecule has 2 amide bonds. The van der Waals surface area contributed by atoms with Gasteiger partial charge in [-0.1, -0.05) is 11.6 Å². The molecule has 0 saturated heterocycles. The summed E-state index contributed by atoms with van der Waals surface area (Å²) in [5.41, 5.74) is 2.00. The topological polar surface area (TPSA) is 96.5 Å². The van der Waals surface area contributed by atoms with Crippen molar-refractivity contribution >= 4 is 46.4 Å². The van der Waals surface area contributed by atoms with Crippen LogP contribution in [0.1, 0.15) is 17.3 Å². The molecule has 0 atom stereocenters. The van der Waals surface area contributed by atoms with E-state index in [2.05, 4.69) is 20.7 Å². The average Bonchev–Trinajstić information content (AvgIpc) is 2.61. The second kappa shape index (κ2) is 8.87. The van der Waals surface area contributed by atoms with Crippen molar-refractivity contribution in [3.63, 3.8) is 0 Å². The van der Waals surface area contributed by atoms with Gasteiger partial charge in [-0.05, 0) is 42.5 Å². The number of hydrogen-bond acceptors (Lipinski definition) is 5. The molecule has 0 aliphatic carbocycles. The summed E-state index contributed by atoms with van der Waals surface area (Å²) in [5, 5.41) is 8.61. The van der Waals surface area contributed by atoms with Gasteiger partial charge in [0.05, 0.1) is 29.9 Å². The molecule has 0 spiro atoms. The highest BCUT2D eigenvalue weighted by atomic mass is 35.5. The molecular formula is C18H18ClN3O4. The van der Waals surface area contributed by atoms with Crippen LogP contribution in [0.25, 0.3) is 0 Å². The summed E-state index contributed by atoms with van der Waals surface area (Å²) in [7, 11) is 1.29. The first-order valence-corrected chi connectivity index (χ1v) is 8.06. The van der Waals surface area contributed by atoms with E-state index in [0.717, 1.165) is 0 Å². The molecular weight excluding hydrogens is 358 g/mol. The van der Waals surface area contributed by atoms with Crippen LogP contribution in [0.3, 0.4) is 0 Å². The maximum atomic E-state index is 12.1. The first kappa shape index (κ1) is 19.3. The van der Waals surface area contributed by atoms with Crippen molar-refractivity contribution in [2.24, 2.45) is 0 Å². The zero-order chi connectivity index (χ0) is 19.1. The minimum Gasteiger partial charge on any atom is -0.465 e. The van der Waals surface area contributed by atoms with Crippen LogP contribution in [0.4, 0.5) is 17.1 Å². The zero-order valence-electron chi connectivity index (χ0n) is 14.3. The molecule has 0 aliphatic heterocycles. The van der Waals surface area contributed by atoms with Gasteiger partial charge in [0.2, 0.25) is 11.8 Å². The Kier molecular flexibility index (Phi) is 6.57. The van der Waals surface area contributed by atoms with Crippen LogP contribution in [0.2, 0.25) is 5.02 Å². The molecule has 0 radical (unpaired) electrons. The number of carbonyl (C=O) groups excluding carboxylic acids is 3. The Morgan fingerprint density at radius 1 is 1.00 bits per heavy atom. The zero-order valence-corrected chi connectivity index (χ0v) is 15.0. The van der Waals surface area contributed by atoms with Gasteiger partial charge in [0.15, 0.2) is 0 Å². The minimum absolute atomic E-state index is 0.0439. The van der Waals surface area contributed by atoms with Gasteiger partial charge in [0.1, 0.15) is 0 Å². The van der Waals surface area contributed by atoms with E-state index < -0.39 is 5.97 Å². The van der Waals surface area contributed by atoms with E-state index in [-0.39, 0.29) is 18.4 Å². The lowest BCUT2D eigenvalue weighted by molar-refractivity contribution is -0.115. The Balaban J connectivity index is 1.94. The standard InChI is InChI=1S/C18H18ClN3O4/c1-11(23)21-13-4-6-14(7-5-13)22-17(24)10-20-16-9-12(18(25)26-2)3-8-15(16)19/h3-9,20H,10H2,1-2H3,(H,21,23)(H,22,24). The average molecular weight is 376 g/mol. The summed E-state index contributed by atoms with van der Waals surface area (Å²) < 4.78 is 4.65. The third-order valence-corrected chi connectivity index (χ3v) is 3.65. The van der Waals surface area contributed by atoms with Gasteiger partial charge in [0, 0.05) is 18.3 Å². The molecule has 3 N–H and O–H groups in total. The van der Waals surface area contributed by atoms with E-state index in [4.69, 9.17) is 11.6 Å². The Morgan fingerprint density at radius 2 is 1.62 bits per heavy atom. The van der Waals surface area contributed by atoms with Crippen LogP contribution < -0.4 is 16.0 Å². The molecule has 0 heterocycles. The smallest absolute Gasteiger partial charge is 0.337 e. The number of esters is 1. The van der Waals surface area contributed by atoms with Gasteiger partial charge in [0.25, 0.3) is 0 Å². The van der Waals surface area contributed by atoms with E-state index in [1.54, 1.807) is 30.3 Å². The van der Waals surface area contributed by atoms with Crippen molar-refractivity contribution in [3.8, 4) is 0 Å². The first-order chi connectivity index (χ1) is 12.4. The van der Waals surface area contributed by atoms with Gasteiger partial charge < -0.3 is 20.7 Å². The predicted molar refractivity (Wildman–Crippen MR) is 101 cm³/mol. The fourth-order valence-corrected chi connectivity index (χ4v) is 2.31. The number of halogens is 1. The van der Waals surface area contributed by atoms with Crippen LogP contribution in [-0.2, 0) is 14.3 Å². The molecule has 2 aromatic rings. The van der Waals surface area contributed by atoms with E-state index in [0.29, 0.717) is 27.6 Å². The van der Waals surface area contributed by atoms with Gasteiger partial charge in [-0.15, -0.1) is 0 Å². The number of nitrogens with one attached hydrogen (secondary N) is 3. The number of anilines is 3. The van der Waals surface area contributed by atoms with E-state index in [9.17, 15) is 14.4 Å². The second-order valence-electron chi connectivity index (χ2n) is 5.35. The molecule has 136 valence electrons. The molecule has 2 aromatic carbocycles. The molecule has 0 aliphatic rings. The maximum absolute atomic E-state index is 12.1. The molecule has 7 nitrogen and oxygen atoms in total. The van der Waals surface area contributed by atoms with E-state index in [1.807, 2.05) is 0 Å².